The lowest BCUT2D eigenvalue weighted by atomic mass is 10.1. The smallest absolute Gasteiger partial charge is 0.208 e. The van der Waals surface area contributed by atoms with Gasteiger partial charge in [-0.3, -0.25) is 4.57 Å². The van der Waals surface area contributed by atoms with Crippen LogP contribution in [0.25, 0.3) is 11.2 Å². The number of ether oxygens (including phenoxy) is 1. The zero-order valence-corrected chi connectivity index (χ0v) is 15.8. The van der Waals surface area contributed by atoms with Crippen molar-refractivity contribution in [2.45, 2.75) is 50.7 Å². The minimum Gasteiger partial charge on any atom is -0.394 e. The highest BCUT2D eigenvalue weighted by molar-refractivity contribution is 14.1. The molecule has 0 aliphatic carbocycles. The molecule has 1 saturated heterocycles. The van der Waals surface area contributed by atoms with Crippen LogP contribution in [0.2, 0.25) is 0 Å². The SMILES string of the molecule is CCCCC#Cc1nc(I)c2ncn([C@@H]3O[C@H](CO)[C@@H](O)[C@H]3O)c2n1. The first-order chi connectivity index (χ1) is 12.1. The van der Waals surface area contributed by atoms with E-state index in [1.165, 1.54) is 6.33 Å². The minimum atomic E-state index is -1.19. The number of hydrogen-bond acceptors (Lipinski definition) is 7. The molecule has 2 aromatic rings. The van der Waals surface area contributed by atoms with Gasteiger partial charge in [-0.1, -0.05) is 19.3 Å². The van der Waals surface area contributed by atoms with E-state index in [0.717, 1.165) is 19.3 Å². The zero-order chi connectivity index (χ0) is 18.0. The van der Waals surface area contributed by atoms with Gasteiger partial charge >= 0.3 is 0 Å². The normalized spacial score (nSPS) is 26.0. The Labute approximate surface area is 158 Å². The van der Waals surface area contributed by atoms with Crippen molar-refractivity contribution in [3.8, 4) is 11.8 Å². The van der Waals surface area contributed by atoms with Crippen molar-refractivity contribution in [3.63, 3.8) is 0 Å². The number of aliphatic hydroxyl groups excluding tert-OH is 3. The van der Waals surface area contributed by atoms with Gasteiger partial charge in [-0.05, 0) is 34.9 Å². The number of fused-ring (bicyclic) bond motifs is 1. The molecule has 3 rings (SSSR count). The van der Waals surface area contributed by atoms with E-state index in [1.54, 1.807) is 4.57 Å². The summed E-state index contributed by atoms with van der Waals surface area (Å²) in [5.74, 6) is 6.37. The van der Waals surface area contributed by atoms with E-state index in [1.807, 2.05) is 0 Å². The lowest BCUT2D eigenvalue weighted by Gasteiger charge is -2.16. The number of aliphatic hydroxyl groups is 3. The molecule has 0 bridgehead atoms. The largest absolute Gasteiger partial charge is 0.394 e. The van der Waals surface area contributed by atoms with Crippen LogP contribution in [0, 0.1) is 15.5 Å². The lowest BCUT2D eigenvalue weighted by Crippen LogP contribution is -2.33. The molecule has 8 nitrogen and oxygen atoms in total. The molecule has 0 saturated carbocycles. The molecule has 2 aromatic heterocycles. The molecule has 1 aliphatic heterocycles. The van der Waals surface area contributed by atoms with Crippen LogP contribution in [0.15, 0.2) is 6.33 Å². The Morgan fingerprint density at radius 3 is 2.80 bits per heavy atom. The molecule has 3 heterocycles. The number of imidazole rings is 1. The van der Waals surface area contributed by atoms with Crippen molar-refractivity contribution < 1.29 is 20.1 Å². The Kier molecular flexibility index (Phi) is 5.85. The third kappa shape index (κ3) is 3.63. The van der Waals surface area contributed by atoms with Crippen LogP contribution in [-0.2, 0) is 4.74 Å². The van der Waals surface area contributed by atoms with Crippen molar-refractivity contribution in [2.24, 2.45) is 0 Å². The number of unbranched alkanes of at least 4 members (excludes halogenated alkanes) is 2. The summed E-state index contributed by atoms with van der Waals surface area (Å²) in [5, 5.41) is 29.4. The predicted octanol–water partition coefficient (Wildman–Crippen LogP) is 0.584. The quantitative estimate of drug-likeness (QED) is 0.266. The topological polar surface area (TPSA) is 114 Å². The van der Waals surface area contributed by atoms with Gasteiger partial charge in [0.2, 0.25) is 5.82 Å². The Morgan fingerprint density at radius 2 is 2.12 bits per heavy atom. The number of rotatable bonds is 4. The van der Waals surface area contributed by atoms with Crippen molar-refractivity contribution in [3.05, 3.63) is 15.9 Å². The zero-order valence-electron chi connectivity index (χ0n) is 13.6. The Balaban J connectivity index is 1.97. The second-order valence-electron chi connectivity index (χ2n) is 5.80. The van der Waals surface area contributed by atoms with Crippen LogP contribution in [0.5, 0.6) is 0 Å². The Morgan fingerprint density at radius 1 is 1.32 bits per heavy atom. The van der Waals surface area contributed by atoms with Gasteiger partial charge < -0.3 is 20.1 Å². The first kappa shape index (κ1) is 18.5. The van der Waals surface area contributed by atoms with Gasteiger partial charge in [0.15, 0.2) is 11.9 Å². The van der Waals surface area contributed by atoms with E-state index in [-0.39, 0.29) is 6.61 Å². The van der Waals surface area contributed by atoms with Gasteiger partial charge in [0.1, 0.15) is 27.5 Å². The van der Waals surface area contributed by atoms with Gasteiger partial charge in [-0.15, -0.1) is 0 Å². The number of aromatic nitrogens is 4. The van der Waals surface area contributed by atoms with E-state index in [4.69, 9.17) is 4.74 Å². The number of hydrogen-bond donors (Lipinski definition) is 3. The molecule has 25 heavy (non-hydrogen) atoms. The average molecular weight is 458 g/mol. The standard InChI is InChI=1S/C16H19IN4O4/c1-2-3-4-5-6-10-19-14(17)11-15(20-10)21(8-18-11)16-13(24)12(23)9(7-22)25-16/h8-9,12-13,16,22-24H,2-4,7H2,1H3/t9-,12-,13-,16-/m1/s1. The van der Waals surface area contributed by atoms with Gasteiger partial charge in [0.25, 0.3) is 0 Å². The van der Waals surface area contributed by atoms with Crippen LogP contribution >= 0.6 is 22.6 Å². The highest BCUT2D eigenvalue weighted by Crippen LogP contribution is 2.31. The van der Waals surface area contributed by atoms with Gasteiger partial charge in [-0.25, -0.2) is 15.0 Å². The molecule has 0 spiro atoms. The number of nitrogens with zero attached hydrogens (tertiary/aromatic N) is 4. The van der Waals surface area contributed by atoms with Crippen molar-refractivity contribution in [1.29, 1.82) is 0 Å². The van der Waals surface area contributed by atoms with Gasteiger partial charge in [0, 0.05) is 6.42 Å². The first-order valence-corrected chi connectivity index (χ1v) is 9.16. The maximum atomic E-state index is 10.2. The lowest BCUT2D eigenvalue weighted by molar-refractivity contribution is -0.0511. The first-order valence-electron chi connectivity index (χ1n) is 8.08. The number of halogens is 1. The average Bonchev–Trinajstić information content (AvgIpc) is 3.14. The van der Waals surface area contributed by atoms with Crippen molar-refractivity contribution >= 4 is 33.8 Å². The molecule has 1 fully saturated rings. The van der Waals surface area contributed by atoms with E-state index < -0.39 is 24.5 Å². The summed E-state index contributed by atoms with van der Waals surface area (Å²) >= 11 is 2.06. The van der Waals surface area contributed by atoms with Crippen molar-refractivity contribution in [1.82, 2.24) is 19.5 Å². The van der Waals surface area contributed by atoms with Crippen LogP contribution < -0.4 is 0 Å². The van der Waals surface area contributed by atoms with E-state index in [9.17, 15) is 15.3 Å². The fourth-order valence-corrected chi connectivity index (χ4v) is 3.25. The maximum Gasteiger partial charge on any atom is 0.208 e. The summed E-state index contributed by atoms with van der Waals surface area (Å²) in [6, 6.07) is 0. The Bertz CT molecular complexity index is 816. The molecule has 0 radical (unpaired) electrons. The second kappa shape index (κ2) is 7.92. The molecule has 9 heteroatoms. The van der Waals surface area contributed by atoms with Gasteiger partial charge in [0.05, 0.1) is 12.9 Å². The minimum absolute atomic E-state index is 0.376. The van der Waals surface area contributed by atoms with Crippen LogP contribution in [0.3, 0.4) is 0 Å². The van der Waals surface area contributed by atoms with Crippen molar-refractivity contribution in [2.75, 3.05) is 6.61 Å². The summed E-state index contributed by atoms with van der Waals surface area (Å²) in [5.41, 5.74) is 1.03. The highest BCUT2D eigenvalue weighted by atomic mass is 127. The van der Waals surface area contributed by atoms with Gasteiger partial charge in [-0.2, -0.15) is 0 Å². The van der Waals surface area contributed by atoms with E-state index >= 15 is 0 Å². The van der Waals surface area contributed by atoms with Crippen LogP contribution in [-0.4, -0.2) is 59.8 Å². The molecule has 134 valence electrons. The highest BCUT2D eigenvalue weighted by Gasteiger charge is 2.44. The molecule has 0 unspecified atom stereocenters. The summed E-state index contributed by atoms with van der Waals surface area (Å²) in [4.78, 5) is 13.0. The van der Waals surface area contributed by atoms with Crippen LogP contribution in [0.4, 0.5) is 0 Å². The fourth-order valence-electron chi connectivity index (χ4n) is 2.64. The molecule has 4 atom stereocenters. The third-order valence-electron chi connectivity index (χ3n) is 4.03. The molecule has 0 amide bonds. The summed E-state index contributed by atoms with van der Waals surface area (Å²) < 4.78 is 7.74. The maximum absolute atomic E-state index is 10.2. The third-order valence-corrected chi connectivity index (χ3v) is 4.78. The molecule has 1 aliphatic rings. The van der Waals surface area contributed by atoms with E-state index in [0.29, 0.717) is 20.7 Å². The monoisotopic (exact) mass is 458 g/mol. The summed E-state index contributed by atoms with van der Waals surface area (Å²) in [6.07, 6.45) is 0.244. The molecular weight excluding hydrogens is 439 g/mol. The molecule has 0 aromatic carbocycles. The summed E-state index contributed by atoms with van der Waals surface area (Å²) in [7, 11) is 0. The fraction of sp³-hybridized carbons (Fsp3) is 0.562. The predicted molar refractivity (Wildman–Crippen MR) is 97.5 cm³/mol. The molecule has 3 N–H and O–H groups in total. The molecular formula is C16H19IN4O4. The second-order valence-corrected chi connectivity index (χ2v) is 6.82. The van der Waals surface area contributed by atoms with Crippen LogP contribution in [0.1, 0.15) is 38.2 Å². The Hall–Kier alpha value is -1.32. The van der Waals surface area contributed by atoms with E-state index in [2.05, 4.69) is 56.3 Å². The summed E-state index contributed by atoms with van der Waals surface area (Å²) in [6.45, 7) is 1.72.